The van der Waals surface area contributed by atoms with Crippen molar-refractivity contribution in [1.82, 2.24) is 51.4 Å². The van der Waals surface area contributed by atoms with E-state index in [-0.39, 0.29) is 67.9 Å². The Morgan fingerprint density at radius 2 is 0.864 bits per heavy atom. The van der Waals surface area contributed by atoms with E-state index in [0.717, 1.165) is 0 Å². The van der Waals surface area contributed by atoms with Crippen LogP contribution < -0.4 is 10.6 Å². The quantitative estimate of drug-likeness (QED) is 0.120. The van der Waals surface area contributed by atoms with Crippen LogP contribution in [0.15, 0.2) is 35.9 Å². The molecule has 2 unspecified atom stereocenters. The fourth-order valence-electron chi connectivity index (χ4n) is 4.79. The summed E-state index contributed by atoms with van der Waals surface area (Å²) in [6, 6.07) is 4.61. The van der Waals surface area contributed by atoms with E-state index in [1.165, 1.54) is 12.1 Å². The van der Waals surface area contributed by atoms with Gasteiger partial charge in [-0.25, -0.2) is 4.79 Å². The van der Waals surface area contributed by atoms with Gasteiger partial charge in [0.2, 0.25) is 58.9 Å². The highest BCUT2D eigenvalue weighted by molar-refractivity contribution is 7.52. The van der Waals surface area contributed by atoms with Gasteiger partial charge in [0, 0.05) is 66.5 Å². The number of carbonyl (C=O) groups excluding carboxylic acids is 2. The van der Waals surface area contributed by atoms with Crippen LogP contribution in [0.4, 0.5) is 0 Å². The van der Waals surface area contributed by atoms with Crippen molar-refractivity contribution >= 4 is 64.1 Å². The standard InChI is InChI=1S/C29H32N10O8.4O2S/c1-14-32-36-25(44-14)10-20(27-38-34-16(3)46-27)8-23(40)30-12-18-5-19(7-22(6-18)29(42)43)13-31-24(41)9-21(28-39-35-17(4)47-28)11-26-37-33-15(2)45-26;4*1-3-2/h5-7,20-21H,8-13H2,1-4H3,(H,30,40)(H,31,41)(H,42,43);;;;. The molecule has 5 rings (SSSR count). The van der Waals surface area contributed by atoms with Gasteiger partial charge >= 0.3 is 52.3 Å². The average molecular weight is 905 g/mol. The minimum Gasteiger partial charge on any atom is -0.478 e. The van der Waals surface area contributed by atoms with Gasteiger partial charge < -0.3 is 33.4 Å². The van der Waals surface area contributed by atoms with Crippen LogP contribution >= 0.6 is 0 Å². The van der Waals surface area contributed by atoms with Crippen molar-refractivity contribution in [3.8, 4) is 0 Å². The number of aromatic carboxylic acids is 1. The first-order valence-electron chi connectivity index (χ1n) is 15.9. The molecule has 26 nitrogen and oxygen atoms in total. The number of nitrogens with zero attached hydrogens (tertiary/aromatic N) is 8. The van der Waals surface area contributed by atoms with Crippen molar-refractivity contribution in [1.29, 1.82) is 0 Å². The Hall–Kier alpha value is -6.53. The molecule has 2 amide bonds. The summed E-state index contributed by atoms with van der Waals surface area (Å²) in [4.78, 5) is 37.9. The summed E-state index contributed by atoms with van der Waals surface area (Å²) in [6.45, 7) is 6.66. The molecule has 0 saturated carbocycles. The number of nitrogens with one attached hydrogen (secondary N) is 2. The number of hydrogen-bond acceptors (Lipinski definition) is 23. The smallest absolute Gasteiger partial charge is 0.335 e. The van der Waals surface area contributed by atoms with Gasteiger partial charge in [-0.1, -0.05) is 6.07 Å². The molecule has 4 heterocycles. The molecule has 0 bridgehead atoms. The van der Waals surface area contributed by atoms with Gasteiger partial charge in [0.25, 0.3) is 0 Å². The van der Waals surface area contributed by atoms with Crippen molar-refractivity contribution in [3.63, 3.8) is 0 Å². The lowest BCUT2D eigenvalue weighted by Crippen LogP contribution is -2.27. The molecule has 1 aromatic carbocycles. The summed E-state index contributed by atoms with van der Waals surface area (Å²) in [5.74, 6) is -0.314. The molecule has 59 heavy (non-hydrogen) atoms. The lowest BCUT2D eigenvalue weighted by atomic mass is 10.00. The van der Waals surface area contributed by atoms with Crippen molar-refractivity contribution < 1.29 is 70.8 Å². The maximum Gasteiger partial charge on any atom is 0.335 e. The van der Waals surface area contributed by atoms with Crippen molar-refractivity contribution in [3.05, 3.63) is 82.0 Å². The van der Waals surface area contributed by atoms with E-state index >= 15 is 0 Å². The normalized spacial score (nSPS) is 10.8. The minimum atomic E-state index is -1.16. The lowest BCUT2D eigenvalue weighted by Gasteiger charge is -2.14. The van der Waals surface area contributed by atoms with Crippen LogP contribution in [0.1, 0.15) is 93.3 Å². The Morgan fingerprint density at radius 3 is 1.14 bits per heavy atom. The Labute approximate surface area is 345 Å². The van der Waals surface area contributed by atoms with E-state index < -0.39 is 64.1 Å². The minimum absolute atomic E-state index is 0.00190. The lowest BCUT2D eigenvalue weighted by molar-refractivity contribution is -0.122. The molecule has 0 fully saturated rings. The van der Waals surface area contributed by atoms with E-state index in [2.05, 4.69) is 51.4 Å². The maximum absolute atomic E-state index is 13.0. The Morgan fingerprint density at radius 1 is 0.542 bits per heavy atom. The zero-order chi connectivity index (χ0) is 44.3. The first-order valence-corrected chi connectivity index (χ1v) is 18.6. The largest absolute Gasteiger partial charge is 0.478 e. The number of carboxylic acid groups (broad SMARTS) is 1. The molecule has 0 aliphatic rings. The third-order valence-electron chi connectivity index (χ3n) is 6.90. The highest BCUT2D eigenvalue weighted by Crippen LogP contribution is 2.25. The van der Waals surface area contributed by atoms with Crippen LogP contribution in [0.2, 0.25) is 0 Å². The van der Waals surface area contributed by atoms with E-state index in [1.807, 2.05) is 0 Å². The predicted octanol–water partition coefficient (Wildman–Crippen LogP) is -0.465. The third-order valence-corrected chi connectivity index (χ3v) is 6.90. The third kappa shape index (κ3) is 19.9. The van der Waals surface area contributed by atoms with Gasteiger partial charge in [-0.2, -0.15) is 33.7 Å². The van der Waals surface area contributed by atoms with Crippen molar-refractivity contribution in [2.75, 3.05) is 0 Å². The zero-order valence-corrected chi connectivity index (χ0v) is 34.2. The first kappa shape index (κ1) is 50.5. The number of carbonyl (C=O) groups is 3. The summed E-state index contributed by atoms with van der Waals surface area (Å²) < 4.78 is 88.4. The van der Waals surface area contributed by atoms with Crippen molar-refractivity contribution in [2.24, 2.45) is 0 Å². The number of rotatable bonds is 15. The zero-order valence-electron chi connectivity index (χ0n) is 30.9. The second-order valence-electron chi connectivity index (χ2n) is 11.1. The topological polar surface area (TPSA) is 388 Å². The molecule has 0 radical (unpaired) electrons. The summed E-state index contributed by atoms with van der Waals surface area (Å²) in [5.41, 5.74) is 1.04. The van der Waals surface area contributed by atoms with Crippen LogP contribution in [0.3, 0.4) is 0 Å². The van der Waals surface area contributed by atoms with Crippen molar-refractivity contribution in [2.45, 2.75) is 78.3 Å². The number of aromatic nitrogens is 8. The van der Waals surface area contributed by atoms with E-state index in [0.29, 0.717) is 46.5 Å². The molecule has 5 aromatic rings. The molecule has 2 atom stereocenters. The van der Waals surface area contributed by atoms with E-state index in [4.69, 9.17) is 51.3 Å². The van der Waals surface area contributed by atoms with Crippen LogP contribution in [0, 0.1) is 27.7 Å². The first-order chi connectivity index (χ1) is 28.2. The summed E-state index contributed by atoms with van der Waals surface area (Å²) in [5, 5.41) is 46.7. The number of carboxylic acids is 1. The monoisotopic (exact) mass is 904 g/mol. The summed E-state index contributed by atoms with van der Waals surface area (Å²) in [6.07, 6.45) is 0.342. The highest BCUT2D eigenvalue weighted by atomic mass is 32.1. The summed E-state index contributed by atoms with van der Waals surface area (Å²) in [7, 11) is 0. The second-order valence-corrected chi connectivity index (χ2v) is 11.7. The van der Waals surface area contributed by atoms with Crippen LogP contribution in [0.25, 0.3) is 0 Å². The fourth-order valence-corrected chi connectivity index (χ4v) is 4.79. The van der Waals surface area contributed by atoms with E-state index in [1.54, 1.807) is 33.8 Å². The molecule has 30 heteroatoms. The van der Waals surface area contributed by atoms with Crippen LogP contribution in [-0.4, -0.2) is 97.4 Å². The molecule has 0 aliphatic carbocycles. The molecule has 4 aromatic heterocycles. The van der Waals surface area contributed by atoms with Gasteiger partial charge in [-0.3, -0.25) is 9.59 Å². The number of amides is 2. The SMILES string of the molecule is Cc1nnc(CC(CC(=O)NCc2cc(CNC(=O)CC(Cc3nnc(C)o3)c3nnc(C)o3)cc(C(=O)O)c2)c2nnc(C)o2)o1.O=S=O.O=S=O.O=S=O.O=S=O. The Kier molecular flexibility index (Phi) is 23.9. The molecular formula is C29H32N10O16S4. The molecule has 0 saturated heterocycles. The fraction of sp³-hybridized carbons (Fsp3) is 0.414. The number of hydrogen-bond donors (Lipinski definition) is 3. The number of benzene rings is 1. The highest BCUT2D eigenvalue weighted by Gasteiger charge is 2.26. The van der Waals surface area contributed by atoms with E-state index in [9.17, 15) is 19.5 Å². The number of aryl methyl sites for hydroxylation is 4. The Balaban J connectivity index is 0.00000130. The van der Waals surface area contributed by atoms with Gasteiger partial charge in [0.1, 0.15) is 0 Å². The second kappa shape index (κ2) is 28.0. The molecule has 318 valence electrons. The predicted molar refractivity (Wildman–Crippen MR) is 191 cm³/mol. The van der Waals surface area contributed by atoms with Gasteiger partial charge in [0.05, 0.1) is 17.4 Å². The van der Waals surface area contributed by atoms with Gasteiger partial charge in [0.15, 0.2) is 0 Å². The molecule has 3 N–H and O–H groups in total. The molecule has 0 aliphatic heterocycles. The molecular weight excluding hydrogens is 873 g/mol. The average Bonchev–Trinajstić information content (AvgIpc) is 4.00. The summed E-state index contributed by atoms with van der Waals surface area (Å²) >= 11 is -3.00. The van der Waals surface area contributed by atoms with Crippen LogP contribution in [-0.2, 0) is 81.8 Å². The maximum atomic E-state index is 13.0. The Bertz CT molecular complexity index is 2100. The molecule has 0 spiro atoms. The van der Waals surface area contributed by atoms with Gasteiger partial charge in [-0.15, -0.1) is 40.8 Å². The van der Waals surface area contributed by atoms with Crippen LogP contribution in [0.5, 0.6) is 0 Å². The van der Waals surface area contributed by atoms with Gasteiger partial charge in [-0.05, 0) is 23.3 Å².